The van der Waals surface area contributed by atoms with E-state index in [0.29, 0.717) is 37.9 Å². The Balaban J connectivity index is 1.50. The molecule has 1 aromatic rings. The van der Waals surface area contributed by atoms with Crippen LogP contribution in [-0.4, -0.2) is 68.2 Å². The van der Waals surface area contributed by atoms with Crippen molar-refractivity contribution in [3.63, 3.8) is 0 Å². The highest BCUT2D eigenvalue weighted by Gasteiger charge is 2.40. The molecule has 0 unspecified atom stereocenters. The molecule has 2 fully saturated rings. The van der Waals surface area contributed by atoms with Crippen molar-refractivity contribution in [2.75, 3.05) is 51.5 Å². The summed E-state index contributed by atoms with van der Waals surface area (Å²) in [6, 6.07) is 0. The summed E-state index contributed by atoms with van der Waals surface area (Å²) >= 11 is 0. The average Bonchev–Trinajstić information content (AvgIpc) is 3.07. The van der Waals surface area contributed by atoms with Gasteiger partial charge in [0, 0.05) is 58.6 Å². The predicted octanol–water partition coefficient (Wildman–Crippen LogP) is 0.586. The Bertz CT molecular complexity index is 536. The van der Waals surface area contributed by atoms with Gasteiger partial charge in [0.2, 0.25) is 5.95 Å². The number of amides is 1. The molecule has 0 aliphatic carbocycles. The number of aromatic nitrogens is 2. The SMILES string of the molecule is COCCCNC(=O)c1cnc(N2CCC3(CC2)OCCO3)nc1. The topological polar surface area (TPSA) is 85.8 Å². The Kier molecular flexibility index (Phi) is 5.60. The molecule has 2 saturated heterocycles. The quantitative estimate of drug-likeness (QED) is 0.761. The number of rotatable bonds is 6. The molecular formula is C16H24N4O4. The molecule has 2 aliphatic heterocycles. The van der Waals surface area contributed by atoms with Crippen LogP contribution in [-0.2, 0) is 14.2 Å². The molecule has 24 heavy (non-hydrogen) atoms. The minimum Gasteiger partial charge on any atom is -0.385 e. The summed E-state index contributed by atoms with van der Waals surface area (Å²) in [6.07, 6.45) is 5.53. The standard InChI is InChI=1S/C16H24N4O4/c1-22-8-2-5-17-14(21)13-11-18-15(19-12-13)20-6-3-16(4-7-20)23-9-10-24-16/h11-12H,2-10H2,1H3,(H,17,21). The highest BCUT2D eigenvalue weighted by molar-refractivity contribution is 5.93. The highest BCUT2D eigenvalue weighted by Crippen LogP contribution is 2.32. The van der Waals surface area contributed by atoms with Crippen LogP contribution >= 0.6 is 0 Å². The Hall–Kier alpha value is -1.77. The molecule has 1 aromatic heterocycles. The monoisotopic (exact) mass is 336 g/mol. The molecule has 0 bridgehead atoms. The normalized spacial score (nSPS) is 19.6. The van der Waals surface area contributed by atoms with Crippen molar-refractivity contribution in [1.29, 1.82) is 0 Å². The van der Waals surface area contributed by atoms with Crippen molar-refractivity contribution in [1.82, 2.24) is 15.3 Å². The third-order valence-corrected chi connectivity index (χ3v) is 4.33. The molecule has 1 spiro atoms. The van der Waals surface area contributed by atoms with Crippen LogP contribution in [0.3, 0.4) is 0 Å². The van der Waals surface area contributed by atoms with E-state index in [2.05, 4.69) is 20.2 Å². The number of nitrogens with one attached hydrogen (secondary N) is 1. The fraction of sp³-hybridized carbons (Fsp3) is 0.688. The second-order valence-electron chi connectivity index (χ2n) is 5.97. The smallest absolute Gasteiger partial charge is 0.254 e. The van der Waals surface area contributed by atoms with E-state index < -0.39 is 5.79 Å². The first kappa shape index (κ1) is 17.1. The van der Waals surface area contributed by atoms with Crippen molar-refractivity contribution in [3.05, 3.63) is 18.0 Å². The van der Waals surface area contributed by atoms with Gasteiger partial charge in [0.25, 0.3) is 5.91 Å². The van der Waals surface area contributed by atoms with E-state index in [0.717, 1.165) is 32.4 Å². The number of hydrogen-bond donors (Lipinski definition) is 1. The van der Waals surface area contributed by atoms with Gasteiger partial charge in [-0.15, -0.1) is 0 Å². The summed E-state index contributed by atoms with van der Waals surface area (Å²) in [5.41, 5.74) is 0.465. The Labute approximate surface area is 141 Å². The minimum absolute atomic E-state index is 0.164. The molecule has 1 N–H and O–H groups in total. The van der Waals surface area contributed by atoms with E-state index in [9.17, 15) is 4.79 Å². The summed E-state index contributed by atoms with van der Waals surface area (Å²) in [5, 5.41) is 2.82. The summed E-state index contributed by atoms with van der Waals surface area (Å²) in [7, 11) is 1.64. The fourth-order valence-electron chi connectivity index (χ4n) is 2.96. The number of nitrogens with zero attached hydrogens (tertiary/aromatic N) is 3. The second-order valence-corrected chi connectivity index (χ2v) is 5.97. The van der Waals surface area contributed by atoms with Crippen molar-refractivity contribution < 1.29 is 19.0 Å². The van der Waals surface area contributed by atoms with E-state index >= 15 is 0 Å². The molecule has 3 rings (SSSR count). The van der Waals surface area contributed by atoms with Gasteiger partial charge in [0.05, 0.1) is 18.8 Å². The van der Waals surface area contributed by atoms with E-state index in [-0.39, 0.29) is 5.91 Å². The molecule has 8 nitrogen and oxygen atoms in total. The van der Waals surface area contributed by atoms with Crippen molar-refractivity contribution in [2.45, 2.75) is 25.0 Å². The molecule has 0 aromatic carbocycles. The van der Waals surface area contributed by atoms with Crippen LogP contribution in [0.1, 0.15) is 29.6 Å². The summed E-state index contributed by atoms with van der Waals surface area (Å²) in [6.45, 7) is 4.10. The lowest BCUT2D eigenvalue weighted by Crippen LogP contribution is -2.45. The fourth-order valence-corrected chi connectivity index (χ4v) is 2.96. The Morgan fingerprint density at radius 3 is 2.58 bits per heavy atom. The number of ether oxygens (including phenoxy) is 3. The molecular weight excluding hydrogens is 312 g/mol. The largest absolute Gasteiger partial charge is 0.385 e. The first-order chi connectivity index (χ1) is 11.7. The van der Waals surface area contributed by atoms with Crippen molar-refractivity contribution in [2.24, 2.45) is 0 Å². The number of anilines is 1. The van der Waals surface area contributed by atoms with Gasteiger partial charge in [-0.25, -0.2) is 9.97 Å². The summed E-state index contributed by atoms with van der Waals surface area (Å²) in [5.74, 6) is 0.0696. The van der Waals surface area contributed by atoms with E-state index in [1.165, 1.54) is 0 Å². The first-order valence-corrected chi connectivity index (χ1v) is 8.34. The van der Waals surface area contributed by atoms with Gasteiger partial charge in [-0.3, -0.25) is 4.79 Å². The maximum atomic E-state index is 12.0. The molecule has 3 heterocycles. The predicted molar refractivity (Wildman–Crippen MR) is 86.9 cm³/mol. The van der Waals surface area contributed by atoms with Crippen LogP contribution in [0.4, 0.5) is 5.95 Å². The Morgan fingerprint density at radius 1 is 1.29 bits per heavy atom. The van der Waals surface area contributed by atoms with Gasteiger partial charge >= 0.3 is 0 Å². The first-order valence-electron chi connectivity index (χ1n) is 8.34. The van der Waals surface area contributed by atoms with Crippen LogP contribution in [0.2, 0.25) is 0 Å². The molecule has 0 saturated carbocycles. The Morgan fingerprint density at radius 2 is 1.96 bits per heavy atom. The van der Waals surface area contributed by atoms with Crippen LogP contribution in [0.25, 0.3) is 0 Å². The van der Waals surface area contributed by atoms with Crippen LogP contribution in [0.5, 0.6) is 0 Å². The van der Waals surface area contributed by atoms with E-state index in [1.54, 1.807) is 19.5 Å². The zero-order valence-corrected chi connectivity index (χ0v) is 14.0. The average molecular weight is 336 g/mol. The summed E-state index contributed by atoms with van der Waals surface area (Å²) < 4.78 is 16.4. The van der Waals surface area contributed by atoms with Crippen LogP contribution in [0.15, 0.2) is 12.4 Å². The third-order valence-electron chi connectivity index (χ3n) is 4.33. The lowest BCUT2D eigenvalue weighted by atomic mass is 10.0. The highest BCUT2D eigenvalue weighted by atomic mass is 16.7. The van der Waals surface area contributed by atoms with Gasteiger partial charge in [-0.05, 0) is 6.42 Å². The van der Waals surface area contributed by atoms with Crippen LogP contribution < -0.4 is 10.2 Å². The van der Waals surface area contributed by atoms with Gasteiger partial charge in [-0.2, -0.15) is 0 Å². The molecule has 8 heteroatoms. The van der Waals surface area contributed by atoms with Crippen LogP contribution in [0, 0.1) is 0 Å². The lowest BCUT2D eigenvalue weighted by Gasteiger charge is -2.37. The van der Waals surface area contributed by atoms with Crippen molar-refractivity contribution >= 4 is 11.9 Å². The summed E-state index contributed by atoms with van der Waals surface area (Å²) in [4.78, 5) is 22.7. The molecule has 132 valence electrons. The zero-order chi connectivity index (χ0) is 16.8. The number of carbonyl (C=O) groups excluding carboxylic acids is 1. The van der Waals surface area contributed by atoms with Gasteiger partial charge in [0.15, 0.2) is 5.79 Å². The van der Waals surface area contributed by atoms with Gasteiger partial charge in [-0.1, -0.05) is 0 Å². The van der Waals surface area contributed by atoms with E-state index in [1.807, 2.05) is 0 Å². The number of methoxy groups -OCH3 is 1. The van der Waals surface area contributed by atoms with Crippen molar-refractivity contribution in [3.8, 4) is 0 Å². The number of piperidine rings is 1. The van der Waals surface area contributed by atoms with E-state index in [4.69, 9.17) is 14.2 Å². The molecule has 0 atom stereocenters. The zero-order valence-electron chi connectivity index (χ0n) is 14.0. The van der Waals surface area contributed by atoms with Gasteiger partial charge < -0.3 is 24.4 Å². The number of carbonyl (C=O) groups is 1. The molecule has 2 aliphatic rings. The minimum atomic E-state index is -0.404. The second kappa shape index (κ2) is 7.87. The van der Waals surface area contributed by atoms with Gasteiger partial charge in [0.1, 0.15) is 0 Å². The third kappa shape index (κ3) is 4.00. The maximum Gasteiger partial charge on any atom is 0.254 e. The number of hydrogen-bond acceptors (Lipinski definition) is 7. The molecule has 0 radical (unpaired) electrons. The maximum absolute atomic E-state index is 12.0. The molecule has 1 amide bonds. The lowest BCUT2D eigenvalue weighted by molar-refractivity contribution is -0.169.